The van der Waals surface area contributed by atoms with E-state index in [1.54, 1.807) is 23.0 Å². The van der Waals surface area contributed by atoms with Gasteiger partial charge in [-0.25, -0.2) is 4.98 Å². The van der Waals surface area contributed by atoms with Gasteiger partial charge in [0.1, 0.15) is 4.83 Å². The van der Waals surface area contributed by atoms with Gasteiger partial charge in [0, 0.05) is 24.1 Å². The summed E-state index contributed by atoms with van der Waals surface area (Å²) in [7, 11) is 1.64. The predicted octanol–water partition coefficient (Wildman–Crippen LogP) is 3.86. The van der Waals surface area contributed by atoms with Crippen LogP contribution in [0.3, 0.4) is 0 Å². The average molecular weight is 450 g/mol. The van der Waals surface area contributed by atoms with Crippen molar-refractivity contribution in [1.29, 1.82) is 0 Å². The van der Waals surface area contributed by atoms with Crippen LogP contribution < -0.4 is 5.56 Å². The molecule has 6 nitrogen and oxygen atoms in total. The van der Waals surface area contributed by atoms with Crippen molar-refractivity contribution in [3.8, 4) is 0 Å². The van der Waals surface area contributed by atoms with Gasteiger partial charge in [-0.3, -0.25) is 14.2 Å². The lowest BCUT2D eigenvalue weighted by Gasteiger charge is -2.39. The number of methoxy groups -OCH3 is 1. The van der Waals surface area contributed by atoms with Crippen LogP contribution in [0.5, 0.6) is 0 Å². The van der Waals surface area contributed by atoms with Crippen molar-refractivity contribution in [3.63, 3.8) is 0 Å². The zero-order valence-electron chi connectivity index (χ0n) is 18.1. The van der Waals surface area contributed by atoms with Crippen molar-refractivity contribution in [2.75, 3.05) is 19.5 Å². The Hall–Kier alpha value is -1.38. The number of ether oxygens (including phenoxy) is 1. The summed E-state index contributed by atoms with van der Waals surface area (Å²) in [6.45, 7) is 5.16. The summed E-state index contributed by atoms with van der Waals surface area (Å²) in [5.74, 6) is 0.447. The molecule has 164 valence electrons. The van der Waals surface area contributed by atoms with Crippen LogP contribution in [0.4, 0.5) is 0 Å². The summed E-state index contributed by atoms with van der Waals surface area (Å²) < 4.78 is 6.96. The maximum Gasteiger partial charge on any atom is 0.263 e. The molecule has 1 fully saturated rings. The normalized spacial score (nSPS) is 21.8. The van der Waals surface area contributed by atoms with Crippen molar-refractivity contribution in [2.24, 2.45) is 0 Å². The van der Waals surface area contributed by atoms with Gasteiger partial charge in [-0.15, -0.1) is 11.3 Å². The number of carbonyl (C=O) groups excluding carboxylic acids is 1. The minimum Gasteiger partial charge on any atom is -0.383 e. The van der Waals surface area contributed by atoms with Gasteiger partial charge in [0.25, 0.3) is 5.56 Å². The molecule has 2 unspecified atom stereocenters. The molecule has 1 aliphatic carbocycles. The molecule has 0 saturated carbocycles. The van der Waals surface area contributed by atoms with Gasteiger partial charge < -0.3 is 9.64 Å². The standard InChI is InChI=1S/C22H31N3O3S2/c1-14-7-6-8-15(2)25(14)18(26)13-29-22-23-20-19(21(27)24(22)11-12-28-3)16-9-4-5-10-17(16)30-20/h14-15H,4-13H2,1-3H3. The molecule has 0 N–H and O–H groups in total. The quantitative estimate of drug-likeness (QED) is 0.495. The molecule has 0 radical (unpaired) electrons. The van der Waals surface area contributed by atoms with Gasteiger partial charge in [-0.2, -0.15) is 0 Å². The van der Waals surface area contributed by atoms with Gasteiger partial charge in [0.2, 0.25) is 5.91 Å². The molecule has 4 rings (SSSR count). The van der Waals surface area contributed by atoms with Gasteiger partial charge in [-0.1, -0.05) is 11.8 Å². The number of aryl methyl sites for hydroxylation is 2. The first kappa shape index (κ1) is 21.8. The molecule has 0 spiro atoms. The number of thiophene rings is 1. The molecule has 1 aliphatic heterocycles. The summed E-state index contributed by atoms with van der Waals surface area (Å²) in [6, 6.07) is 0.550. The molecular weight excluding hydrogens is 418 g/mol. The van der Waals surface area contributed by atoms with Crippen molar-refractivity contribution in [3.05, 3.63) is 20.8 Å². The highest BCUT2D eigenvalue weighted by molar-refractivity contribution is 7.99. The van der Waals surface area contributed by atoms with Crippen molar-refractivity contribution >= 4 is 39.2 Å². The fourth-order valence-corrected chi connectivity index (χ4v) is 7.02. The van der Waals surface area contributed by atoms with Crippen molar-refractivity contribution in [2.45, 2.75) is 82.6 Å². The van der Waals surface area contributed by atoms with E-state index in [2.05, 4.69) is 13.8 Å². The lowest BCUT2D eigenvalue weighted by molar-refractivity contribution is -0.134. The summed E-state index contributed by atoms with van der Waals surface area (Å²) in [6.07, 6.45) is 7.62. The number of likely N-dealkylation sites (tertiary alicyclic amines) is 1. The third-order valence-electron chi connectivity index (χ3n) is 6.37. The second-order valence-corrected chi connectivity index (χ2v) is 10.5. The van der Waals surface area contributed by atoms with Gasteiger partial charge in [0.15, 0.2) is 5.16 Å². The topological polar surface area (TPSA) is 64.4 Å². The third kappa shape index (κ3) is 4.18. The van der Waals surface area contributed by atoms with Crippen LogP contribution in [0.15, 0.2) is 9.95 Å². The Labute approximate surface area is 186 Å². The van der Waals surface area contributed by atoms with E-state index in [4.69, 9.17) is 9.72 Å². The van der Waals surface area contributed by atoms with Gasteiger partial charge in [0.05, 0.1) is 24.3 Å². The number of aromatic nitrogens is 2. The van der Waals surface area contributed by atoms with Crippen LogP contribution in [-0.4, -0.2) is 51.9 Å². The fourth-order valence-electron chi connectivity index (χ4n) is 4.82. The van der Waals surface area contributed by atoms with Gasteiger partial charge >= 0.3 is 0 Å². The number of piperidine rings is 1. The first-order valence-corrected chi connectivity index (χ1v) is 12.8. The zero-order chi connectivity index (χ0) is 21.3. The number of nitrogens with zero attached hydrogens (tertiary/aromatic N) is 3. The number of carbonyl (C=O) groups is 1. The Bertz CT molecular complexity index is 974. The Morgan fingerprint density at radius 1 is 1.20 bits per heavy atom. The predicted molar refractivity (Wildman–Crippen MR) is 123 cm³/mol. The summed E-state index contributed by atoms with van der Waals surface area (Å²) in [4.78, 5) is 35.4. The van der Waals surface area contributed by atoms with E-state index in [1.165, 1.54) is 35.0 Å². The van der Waals surface area contributed by atoms with E-state index in [0.717, 1.165) is 42.3 Å². The molecule has 8 heteroatoms. The molecule has 0 bridgehead atoms. The first-order chi connectivity index (χ1) is 14.5. The average Bonchev–Trinajstić information content (AvgIpc) is 3.10. The maximum absolute atomic E-state index is 13.4. The van der Waals surface area contributed by atoms with E-state index < -0.39 is 0 Å². The van der Waals surface area contributed by atoms with Crippen LogP contribution in [0, 0.1) is 0 Å². The number of thioether (sulfide) groups is 1. The molecular formula is C22H31N3O3S2. The SMILES string of the molecule is COCCn1c(SCC(=O)N2C(C)CCCC2C)nc2sc3c(c2c1=O)CCCC3. The highest BCUT2D eigenvalue weighted by Crippen LogP contribution is 2.35. The molecule has 2 atom stereocenters. The molecule has 2 aromatic rings. The first-order valence-electron chi connectivity index (χ1n) is 11.0. The minimum atomic E-state index is 0.0195. The molecule has 2 aliphatic rings. The largest absolute Gasteiger partial charge is 0.383 e. The molecule has 3 heterocycles. The summed E-state index contributed by atoms with van der Waals surface area (Å²) in [5, 5.41) is 1.42. The lowest BCUT2D eigenvalue weighted by Crippen LogP contribution is -2.48. The number of hydrogen-bond acceptors (Lipinski definition) is 6. The van der Waals surface area contributed by atoms with Crippen LogP contribution in [0.25, 0.3) is 10.2 Å². The Balaban J connectivity index is 1.63. The Morgan fingerprint density at radius 3 is 2.67 bits per heavy atom. The van der Waals surface area contributed by atoms with Crippen molar-refractivity contribution in [1.82, 2.24) is 14.5 Å². The maximum atomic E-state index is 13.4. The molecule has 0 aromatic carbocycles. The monoisotopic (exact) mass is 449 g/mol. The summed E-state index contributed by atoms with van der Waals surface area (Å²) in [5.41, 5.74) is 1.22. The highest BCUT2D eigenvalue weighted by atomic mass is 32.2. The van der Waals surface area contributed by atoms with Crippen LogP contribution >= 0.6 is 23.1 Å². The lowest BCUT2D eigenvalue weighted by atomic mass is 9.97. The van der Waals surface area contributed by atoms with E-state index in [1.807, 2.05) is 4.90 Å². The van der Waals surface area contributed by atoms with E-state index in [9.17, 15) is 9.59 Å². The Kier molecular flexibility index (Phi) is 6.85. The fraction of sp³-hybridized carbons (Fsp3) is 0.682. The molecule has 30 heavy (non-hydrogen) atoms. The molecule has 1 saturated heterocycles. The number of hydrogen-bond donors (Lipinski definition) is 0. The Morgan fingerprint density at radius 2 is 1.93 bits per heavy atom. The highest BCUT2D eigenvalue weighted by Gasteiger charge is 2.29. The van der Waals surface area contributed by atoms with Crippen molar-refractivity contribution < 1.29 is 9.53 Å². The zero-order valence-corrected chi connectivity index (χ0v) is 19.7. The number of amides is 1. The molecule has 2 aromatic heterocycles. The number of rotatable bonds is 6. The van der Waals surface area contributed by atoms with Gasteiger partial charge in [-0.05, 0) is 64.4 Å². The molecule has 1 amide bonds. The van der Waals surface area contributed by atoms with E-state index in [-0.39, 0.29) is 23.6 Å². The van der Waals surface area contributed by atoms with Crippen LogP contribution in [-0.2, 0) is 28.9 Å². The third-order valence-corrected chi connectivity index (χ3v) is 8.51. The minimum absolute atomic E-state index is 0.0195. The second-order valence-electron chi connectivity index (χ2n) is 8.45. The number of fused-ring (bicyclic) bond motifs is 3. The van der Waals surface area contributed by atoms with Crippen LogP contribution in [0.2, 0.25) is 0 Å². The van der Waals surface area contributed by atoms with E-state index in [0.29, 0.717) is 24.1 Å². The van der Waals surface area contributed by atoms with Crippen LogP contribution in [0.1, 0.15) is 56.4 Å². The van der Waals surface area contributed by atoms with E-state index >= 15 is 0 Å². The second kappa shape index (κ2) is 9.40. The summed E-state index contributed by atoms with van der Waals surface area (Å²) >= 11 is 3.05. The smallest absolute Gasteiger partial charge is 0.263 e.